The predicted molar refractivity (Wildman–Crippen MR) is 101 cm³/mol. The van der Waals surface area contributed by atoms with E-state index in [2.05, 4.69) is 15.6 Å². The Morgan fingerprint density at radius 2 is 2.03 bits per heavy atom. The maximum atomic E-state index is 12.8. The van der Waals surface area contributed by atoms with Crippen molar-refractivity contribution in [3.63, 3.8) is 0 Å². The van der Waals surface area contributed by atoms with E-state index in [1.165, 1.54) is 18.2 Å². The number of aromatic nitrogens is 3. The van der Waals surface area contributed by atoms with Gasteiger partial charge in [0.25, 0.3) is 5.91 Å². The van der Waals surface area contributed by atoms with Crippen molar-refractivity contribution < 1.29 is 27.2 Å². The number of amides is 1. The van der Waals surface area contributed by atoms with Crippen LogP contribution in [0.5, 0.6) is 5.75 Å². The molecular weight excluding hydrogens is 401 g/mol. The lowest BCUT2D eigenvalue weighted by atomic mass is 10.2. The van der Waals surface area contributed by atoms with Crippen molar-refractivity contribution in [2.24, 2.45) is 0 Å². The number of benzene rings is 1. The molecule has 0 aliphatic heterocycles. The molecule has 0 spiro atoms. The van der Waals surface area contributed by atoms with E-state index in [-0.39, 0.29) is 23.8 Å². The van der Waals surface area contributed by atoms with Crippen molar-refractivity contribution in [3.05, 3.63) is 64.3 Å². The number of hydrogen-bond acceptors (Lipinski definition) is 5. The number of aryl methyl sites for hydroxylation is 2. The van der Waals surface area contributed by atoms with Crippen LogP contribution >= 0.6 is 0 Å². The van der Waals surface area contributed by atoms with Gasteiger partial charge in [0.1, 0.15) is 12.4 Å². The maximum absolute atomic E-state index is 12.8. The number of carbonyl (C=O) groups excluding carboxylic acids is 1. The molecule has 0 aliphatic rings. The van der Waals surface area contributed by atoms with Crippen LogP contribution in [-0.2, 0) is 25.9 Å². The molecular formula is C20H21F3N4O3. The lowest BCUT2D eigenvalue weighted by molar-refractivity contribution is -0.137. The van der Waals surface area contributed by atoms with E-state index in [9.17, 15) is 18.0 Å². The second-order valence-electron chi connectivity index (χ2n) is 6.64. The second kappa shape index (κ2) is 8.60. The number of hydrogen-bond donors (Lipinski definition) is 1. The van der Waals surface area contributed by atoms with Crippen molar-refractivity contribution >= 4 is 5.91 Å². The van der Waals surface area contributed by atoms with E-state index in [4.69, 9.17) is 9.26 Å². The fourth-order valence-electron chi connectivity index (χ4n) is 2.96. The summed E-state index contributed by atoms with van der Waals surface area (Å²) in [7, 11) is 0. The first-order valence-corrected chi connectivity index (χ1v) is 9.25. The van der Waals surface area contributed by atoms with Crippen molar-refractivity contribution in [1.82, 2.24) is 20.3 Å². The Labute approximate surface area is 170 Å². The molecule has 2 heterocycles. The molecule has 30 heavy (non-hydrogen) atoms. The molecule has 10 heteroatoms. The molecule has 3 aromatic rings. The molecule has 160 valence electrons. The molecule has 0 atom stereocenters. The molecule has 1 aromatic carbocycles. The Bertz CT molecular complexity index is 1040. The van der Waals surface area contributed by atoms with Gasteiger partial charge in [-0.1, -0.05) is 11.2 Å². The van der Waals surface area contributed by atoms with E-state index in [1.807, 2.05) is 25.5 Å². The largest absolute Gasteiger partial charge is 0.486 e. The quantitative estimate of drug-likeness (QED) is 0.622. The first-order chi connectivity index (χ1) is 14.2. The van der Waals surface area contributed by atoms with E-state index >= 15 is 0 Å². The van der Waals surface area contributed by atoms with Gasteiger partial charge in [-0.3, -0.25) is 9.48 Å². The summed E-state index contributed by atoms with van der Waals surface area (Å²) in [4.78, 5) is 12.3. The molecule has 0 radical (unpaired) electrons. The number of ether oxygens (including phenoxy) is 1. The molecule has 7 nitrogen and oxygen atoms in total. The number of rotatable bonds is 7. The number of nitrogens with one attached hydrogen (secondary N) is 1. The smallest absolute Gasteiger partial charge is 0.416 e. The van der Waals surface area contributed by atoms with Gasteiger partial charge in [-0.15, -0.1) is 0 Å². The van der Waals surface area contributed by atoms with E-state index < -0.39 is 17.6 Å². The summed E-state index contributed by atoms with van der Waals surface area (Å²) in [6, 6.07) is 5.89. The second-order valence-corrected chi connectivity index (χ2v) is 6.64. The van der Waals surface area contributed by atoms with E-state index in [1.54, 1.807) is 0 Å². The number of carbonyl (C=O) groups is 1. The van der Waals surface area contributed by atoms with Gasteiger partial charge >= 0.3 is 6.18 Å². The van der Waals surface area contributed by atoms with Crippen molar-refractivity contribution in [2.45, 2.75) is 46.6 Å². The summed E-state index contributed by atoms with van der Waals surface area (Å²) in [5, 5.41) is 10.9. The summed E-state index contributed by atoms with van der Waals surface area (Å²) < 4.78 is 50.5. The molecule has 3 rings (SSSR count). The van der Waals surface area contributed by atoms with Crippen LogP contribution in [0.4, 0.5) is 13.2 Å². The summed E-state index contributed by atoms with van der Waals surface area (Å²) in [5.74, 6) is -0.193. The van der Waals surface area contributed by atoms with E-state index in [0.29, 0.717) is 6.54 Å². The Morgan fingerprint density at radius 1 is 1.27 bits per heavy atom. The number of halogens is 3. The number of nitrogens with zero attached hydrogens (tertiary/aromatic N) is 3. The van der Waals surface area contributed by atoms with Gasteiger partial charge in [-0.25, -0.2) is 0 Å². The van der Waals surface area contributed by atoms with Gasteiger partial charge in [0.05, 0.1) is 11.3 Å². The van der Waals surface area contributed by atoms with Crippen molar-refractivity contribution in [3.8, 4) is 5.75 Å². The Balaban J connectivity index is 1.58. The minimum Gasteiger partial charge on any atom is -0.486 e. The van der Waals surface area contributed by atoms with Gasteiger partial charge in [-0.2, -0.15) is 18.3 Å². The topological polar surface area (TPSA) is 82.2 Å². The average Bonchev–Trinajstić information content (AvgIpc) is 3.29. The highest BCUT2D eigenvalue weighted by molar-refractivity contribution is 5.92. The molecule has 0 aliphatic carbocycles. The van der Waals surface area contributed by atoms with Gasteiger partial charge in [0.2, 0.25) is 0 Å². The predicted octanol–water partition coefficient (Wildman–Crippen LogP) is 4.04. The van der Waals surface area contributed by atoms with Gasteiger partial charge < -0.3 is 14.6 Å². The first kappa shape index (κ1) is 21.4. The normalized spacial score (nSPS) is 11.5. The van der Waals surface area contributed by atoms with Crippen LogP contribution in [0.3, 0.4) is 0 Å². The van der Waals surface area contributed by atoms with Crippen LogP contribution < -0.4 is 10.1 Å². The Morgan fingerprint density at radius 3 is 2.70 bits per heavy atom. The highest BCUT2D eigenvalue weighted by Gasteiger charge is 2.30. The molecule has 0 bridgehead atoms. The van der Waals surface area contributed by atoms with Crippen LogP contribution in [0.25, 0.3) is 0 Å². The molecule has 2 aromatic heterocycles. The molecule has 0 fully saturated rings. The standard InChI is InChI=1S/C20H21F3N4O3/c1-4-27-13(3)17(12(2)25-27)10-24-19(28)18-9-16(30-26-18)11-29-15-7-5-6-14(8-15)20(21,22)23/h5-9H,4,10-11H2,1-3H3,(H,24,28). The zero-order valence-corrected chi connectivity index (χ0v) is 16.7. The first-order valence-electron chi connectivity index (χ1n) is 9.25. The zero-order chi connectivity index (χ0) is 21.9. The van der Waals surface area contributed by atoms with E-state index in [0.717, 1.165) is 35.6 Å². The zero-order valence-electron chi connectivity index (χ0n) is 16.7. The fraction of sp³-hybridized carbons (Fsp3) is 0.350. The minimum absolute atomic E-state index is 0.0334. The molecule has 0 saturated carbocycles. The molecule has 1 amide bonds. The summed E-state index contributed by atoms with van der Waals surface area (Å²) >= 11 is 0. The molecule has 0 unspecified atom stereocenters. The highest BCUT2D eigenvalue weighted by atomic mass is 19.4. The number of alkyl halides is 3. The van der Waals surface area contributed by atoms with Gasteiger partial charge in [0.15, 0.2) is 11.5 Å². The lowest BCUT2D eigenvalue weighted by Gasteiger charge is -2.09. The Kier molecular flexibility index (Phi) is 6.14. The highest BCUT2D eigenvalue weighted by Crippen LogP contribution is 2.31. The summed E-state index contributed by atoms with van der Waals surface area (Å²) in [6.45, 7) is 6.66. The van der Waals surface area contributed by atoms with Crippen molar-refractivity contribution in [1.29, 1.82) is 0 Å². The summed E-state index contributed by atoms with van der Waals surface area (Å²) in [5.41, 5.74) is 1.99. The SMILES string of the molecule is CCn1nc(C)c(CNC(=O)c2cc(COc3cccc(C(F)(F)F)c3)on2)c1C. The van der Waals surface area contributed by atoms with Crippen LogP contribution in [0.15, 0.2) is 34.9 Å². The minimum atomic E-state index is -4.46. The fourth-order valence-corrected chi connectivity index (χ4v) is 2.96. The average molecular weight is 422 g/mol. The van der Waals surface area contributed by atoms with Gasteiger partial charge in [-0.05, 0) is 39.0 Å². The van der Waals surface area contributed by atoms with Gasteiger partial charge in [0, 0.05) is 30.4 Å². The van der Waals surface area contributed by atoms with Crippen LogP contribution in [0.2, 0.25) is 0 Å². The third kappa shape index (κ3) is 4.81. The monoisotopic (exact) mass is 422 g/mol. The van der Waals surface area contributed by atoms with Crippen molar-refractivity contribution in [2.75, 3.05) is 0 Å². The molecule has 0 saturated heterocycles. The maximum Gasteiger partial charge on any atom is 0.416 e. The van der Waals surface area contributed by atoms with Crippen LogP contribution in [-0.4, -0.2) is 20.8 Å². The Hall–Kier alpha value is -3.30. The van der Waals surface area contributed by atoms with Crippen LogP contribution in [0.1, 0.15) is 45.7 Å². The van der Waals surface area contributed by atoms with Crippen LogP contribution in [0, 0.1) is 13.8 Å². The summed E-state index contributed by atoms with van der Waals surface area (Å²) in [6.07, 6.45) is -4.46. The third-order valence-corrected chi connectivity index (χ3v) is 4.59. The third-order valence-electron chi connectivity index (χ3n) is 4.59. The molecule has 1 N–H and O–H groups in total. The lowest BCUT2D eigenvalue weighted by Crippen LogP contribution is -2.23.